The minimum absolute atomic E-state index is 0.349. The zero-order chi connectivity index (χ0) is 9.68. The Morgan fingerprint density at radius 3 is 2.85 bits per heavy atom. The van der Waals surface area contributed by atoms with Crippen LogP contribution in [0.4, 0.5) is 4.79 Å². The Bertz CT molecular complexity index is 272. The second-order valence-corrected chi connectivity index (χ2v) is 2.41. The highest BCUT2D eigenvalue weighted by molar-refractivity contribution is 5.92. The first-order valence-electron chi connectivity index (χ1n) is 3.70. The van der Waals surface area contributed by atoms with Crippen molar-refractivity contribution in [2.75, 3.05) is 6.67 Å². The minimum atomic E-state index is -0.561. The summed E-state index contributed by atoms with van der Waals surface area (Å²) in [6.07, 6.45) is 4.95. The molecule has 0 saturated heterocycles. The van der Waals surface area contributed by atoms with Crippen LogP contribution in [0.2, 0.25) is 0 Å². The van der Waals surface area contributed by atoms with Gasteiger partial charge in [0.25, 0.3) is 0 Å². The van der Waals surface area contributed by atoms with Gasteiger partial charge in [0, 0.05) is 19.3 Å². The van der Waals surface area contributed by atoms with Crippen molar-refractivity contribution < 1.29 is 9.59 Å². The number of nitrogens with zero attached hydrogens (tertiary/aromatic N) is 2. The van der Waals surface area contributed by atoms with Gasteiger partial charge in [0.15, 0.2) is 0 Å². The molecular weight excluding hydrogens is 172 g/mol. The lowest BCUT2D eigenvalue weighted by Crippen LogP contribution is -2.46. The van der Waals surface area contributed by atoms with Gasteiger partial charge in [-0.15, -0.1) is 0 Å². The van der Waals surface area contributed by atoms with E-state index in [1.54, 1.807) is 18.5 Å². The number of carbonyl (C=O) groups excluding carboxylic acids is 2. The van der Waals surface area contributed by atoms with Gasteiger partial charge >= 0.3 is 6.03 Å². The van der Waals surface area contributed by atoms with E-state index in [2.05, 4.69) is 15.7 Å². The molecule has 6 heteroatoms. The minimum Gasteiger partial charge on any atom is -0.277 e. The number of carbonyl (C=O) groups is 2. The Labute approximate surface area is 75.3 Å². The third kappa shape index (κ3) is 3.37. The summed E-state index contributed by atoms with van der Waals surface area (Å²) in [5.74, 6) is -0.401. The highest BCUT2D eigenvalue weighted by Gasteiger charge is 2.06. The third-order valence-electron chi connectivity index (χ3n) is 1.23. The highest BCUT2D eigenvalue weighted by atomic mass is 16.2. The van der Waals surface area contributed by atoms with Gasteiger partial charge in [0.05, 0.1) is 0 Å². The molecule has 6 nitrogen and oxygen atoms in total. The van der Waals surface area contributed by atoms with E-state index in [4.69, 9.17) is 0 Å². The average Bonchev–Trinajstić information content (AvgIpc) is 2.04. The normalized spacial score (nSPS) is 14.1. The summed E-state index contributed by atoms with van der Waals surface area (Å²) in [7, 11) is 0. The fraction of sp³-hybridized carbons (Fsp3) is 0.286. The summed E-state index contributed by atoms with van der Waals surface area (Å²) in [5.41, 5.74) is 2.41. The van der Waals surface area contributed by atoms with E-state index < -0.39 is 11.9 Å². The first-order chi connectivity index (χ1) is 6.18. The summed E-state index contributed by atoms with van der Waals surface area (Å²) < 4.78 is 0. The fourth-order valence-electron chi connectivity index (χ4n) is 0.776. The molecule has 0 radical (unpaired) electrons. The van der Waals surface area contributed by atoms with Crippen LogP contribution >= 0.6 is 0 Å². The lowest BCUT2D eigenvalue weighted by molar-refractivity contribution is -0.117. The fourth-order valence-corrected chi connectivity index (χ4v) is 0.776. The predicted molar refractivity (Wildman–Crippen MR) is 46.7 cm³/mol. The van der Waals surface area contributed by atoms with Gasteiger partial charge in [-0.25, -0.2) is 10.2 Å². The Kier molecular flexibility index (Phi) is 3.02. The summed E-state index contributed by atoms with van der Waals surface area (Å²) in [5, 5.41) is 3.53. The van der Waals surface area contributed by atoms with Crippen molar-refractivity contribution in [1.29, 1.82) is 0 Å². The first kappa shape index (κ1) is 9.24. The van der Waals surface area contributed by atoms with E-state index in [-0.39, 0.29) is 0 Å². The third-order valence-corrected chi connectivity index (χ3v) is 1.23. The molecule has 0 aromatic carbocycles. The number of rotatable bonds is 1. The lowest BCUT2D eigenvalue weighted by Gasteiger charge is -2.19. The van der Waals surface area contributed by atoms with Crippen LogP contribution in [0, 0.1) is 0 Å². The number of urea groups is 1. The van der Waals surface area contributed by atoms with Gasteiger partial charge in [-0.3, -0.25) is 20.1 Å². The number of imide groups is 1. The molecule has 0 spiro atoms. The number of amides is 3. The maximum atomic E-state index is 11.0. The van der Waals surface area contributed by atoms with Crippen molar-refractivity contribution in [1.82, 2.24) is 15.8 Å². The molecule has 13 heavy (non-hydrogen) atoms. The molecule has 1 heterocycles. The van der Waals surface area contributed by atoms with Crippen molar-refractivity contribution in [3.63, 3.8) is 0 Å². The topological polar surface area (TPSA) is 73.8 Å². The lowest BCUT2D eigenvalue weighted by atomic mass is 10.6. The molecule has 3 amide bonds. The van der Waals surface area contributed by atoms with Crippen LogP contribution in [0.3, 0.4) is 0 Å². The van der Waals surface area contributed by atoms with Crippen molar-refractivity contribution in [2.45, 2.75) is 6.92 Å². The van der Waals surface area contributed by atoms with Gasteiger partial charge in [-0.1, -0.05) is 0 Å². The molecule has 0 aromatic rings. The van der Waals surface area contributed by atoms with E-state index in [1.807, 2.05) is 0 Å². The highest BCUT2D eigenvalue weighted by Crippen LogP contribution is 1.89. The molecule has 70 valence electrons. The molecule has 1 aliphatic rings. The van der Waals surface area contributed by atoms with Gasteiger partial charge in [-0.05, 0) is 6.08 Å². The molecule has 0 aromatic heterocycles. The van der Waals surface area contributed by atoms with Crippen LogP contribution in [-0.4, -0.2) is 29.8 Å². The van der Waals surface area contributed by atoms with Gasteiger partial charge in [0.2, 0.25) is 5.91 Å². The molecule has 0 atom stereocenters. The summed E-state index contributed by atoms with van der Waals surface area (Å²) >= 11 is 0. The number of hydrogen-bond donors (Lipinski definition) is 2. The standard InChI is InChI=1S/C7H10N4O2/c1-6(12)9-7(13)10-11-4-2-3-8-5-11/h2-4H,5H2,1H3,(H2,9,10,12,13). The molecular formula is C7H10N4O2. The molecule has 0 bridgehead atoms. The van der Waals surface area contributed by atoms with Crippen LogP contribution in [0.1, 0.15) is 6.92 Å². The Balaban J connectivity index is 2.32. The summed E-state index contributed by atoms with van der Waals surface area (Å²) in [6, 6.07) is -0.561. The maximum absolute atomic E-state index is 11.0. The molecule has 0 aliphatic carbocycles. The number of nitrogens with one attached hydrogen (secondary N) is 2. The first-order valence-corrected chi connectivity index (χ1v) is 3.70. The summed E-state index contributed by atoms with van der Waals surface area (Å²) in [6.45, 7) is 1.62. The molecule has 1 aliphatic heterocycles. The van der Waals surface area contributed by atoms with Crippen LogP contribution in [0.15, 0.2) is 17.3 Å². The maximum Gasteiger partial charge on any atom is 0.340 e. The van der Waals surface area contributed by atoms with E-state index in [0.717, 1.165) is 0 Å². The van der Waals surface area contributed by atoms with Crippen molar-refractivity contribution >= 4 is 18.2 Å². The van der Waals surface area contributed by atoms with Crippen LogP contribution in [-0.2, 0) is 4.79 Å². The Morgan fingerprint density at radius 2 is 2.31 bits per heavy atom. The second-order valence-electron chi connectivity index (χ2n) is 2.41. The quantitative estimate of drug-likeness (QED) is 0.579. The molecule has 1 rings (SSSR count). The molecule has 0 unspecified atom stereocenters. The van der Waals surface area contributed by atoms with Gasteiger partial charge < -0.3 is 0 Å². The van der Waals surface area contributed by atoms with E-state index >= 15 is 0 Å². The number of allylic oxidation sites excluding steroid dienone is 1. The Hall–Kier alpha value is -1.85. The van der Waals surface area contributed by atoms with Crippen LogP contribution in [0.5, 0.6) is 0 Å². The molecule has 0 fully saturated rings. The number of hydrogen-bond acceptors (Lipinski definition) is 4. The second kappa shape index (κ2) is 4.24. The largest absolute Gasteiger partial charge is 0.340 e. The monoisotopic (exact) mass is 182 g/mol. The zero-order valence-corrected chi connectivity index (χ0v) is 7.15. The number of aliphatic imine (C=N–C) groups is 1. The van der Waals surface area contributed by atoms with Crippen molar-refractivity contribution in [3.8, 4) is 0 Å². The summed E-state index contributed by atoms with van der Waals surface area (Å²) in [4.78, 5) is 25.3. The van der Waals surface area contributed by atoms with E-state index in [1.165, 1.54) is 11.9 Å². The van der Waals surface area contributed by atoms with Gasteiger partial charge in [-0.2, -0.15) is 0 Å². The SMILES string of the molecule is CC(=O)NC(=O)NN1C=CC=NC1. The zero-order valence-electron chi connectivity index (χ0n) is 7.15. The average molecular weight is 182 g/mol. The van der Waals surface area contributed by atoms with Crippen LogP contribution in [0.25, 0.3) is 0 Å². The Morgan fingerprint density at radius 1 is 1.54 bits per heavy atom. The molecule has 2 N–H and O–H groups in total. The van der Waals surface area contributed by atoms with Crippen molar-refractivity contribution in [2.24, 2.45) is 4.99 Å². The predicted octanol–water partition coefficient (Wildman–Crippen LogP) is -0.395. The van der Waals surface area contributed by atoms with E-state index in [9.17, 15) is 9.59 Å². The smallest absolute Gasteiger partial charge is 0.277 e. The van der Waals surface area contributed by atoms with E-state index in [0.29, 0.717) is 6.67 Å². The number of hydrazine groups is 1. The van der Waals surface area contributed by atoms with Crippen molar-refractivity contribution in [3.05, 3.63) is 12.3 Å². The van der Waals surface area contributed by atoms with Gasteiger partial charge in [0.1, 0.15) is 6.67 Å². The molecule has 0 saturated carbocycles. The van der Waals surface area contributed by atoms with Crippen LogP contribution < -0.4 is 10.7 Å².